The standard InChI is InChI=1S/C13H14FNO4S/c14-10-1-2-11(15(18)19)9(5-10)7-20-8-13(3-4-13)6-12(16)17/h1-2,5H,3-4,6-8H2,(H,16,17). The van der Waals surface area contributed by atoms with Gasteiger partial charge in [0.1, 0.15) is 5.82 Å². The van der Waals surface area contributed by atoms with E-state index in [1.165, 1.54) is 17.8 Å². The van der Waals surface area contributed by atoms with Crippen LogP contribution in [0.5, 0.6) is 0 Å². The molecule has 1 aliphatic rings. The van der Waals surface area contributed by atoms with Crippen LogP contribution in [-0.2, 0) is 10.5 Å². The van der Waals surface area contributed by atoms with Crippen molar-refractivity contribution >= 4 is 23.4 Å². The van der Waals surface area contributed by atoms with E-state index < -0.39 is 16.7 Å². The molecule has 1 fully saturated rings. The number of hydrogen-bond donors (Lipinski definition) is 1. The van der Waals surface area contributed by atoms with Crippen LogP contribution in [0.25, 0.3) is 0 Å². The minimum absolute atomic E-state index is 0.0954. The third kappa shape index (κ3) is 3.69. The lowest BCUT2D eigenvalue weighted by atomic mass is 10.1. The Bertz CT molecular complexity index is 545. The Morgan fingerprint density at radius 2 is 2.20 bits per heavy atom. The average Bonchev–Trinajstić information content (AvgIpc) is 3.07. The summed E-state index contributed by atoms with van der Waals surface area (Å²) in [6, 6.07) is 3.40. The lowest BCUT2D eigenvalue weighted by Crippen LogP contribution is -2.11. The molecule has 1 aliphatic carbocycles. The Balaban J connectivity index is 1.96. The van der Waals surface area contributed by atoms with E-state index in [1.807, 2.05) is 0 Å². The largest absolute Gasteiger partial charge is 0.481 e. The predicted molar refractivity (Wildman–Crippen MR) is 73.1 cm³/mol. The summed E-state index contributed by atoms with van der Waals surface area (Å²) < 4.78 is 13.1. The zero-order valence-electron chi connectivity index (χ0n) is 10.7. The van der Waals surface area contributed by atoms with E-state index in [-0.39, 0.29) is 17.5 Å². The van der Waals surface area contributed by atoms with Gasteiger partial charge in [-0.05, 0) is 36.1 Å². The number of carboxylic acids is 1. The van der Waals surface area contributed by atoms with Crippen molar-refractivity contribution in [2.24, 2.45) is 5.41 Å². The van der Waals surface area contributed by atoms with Gasteiger partial charge in [-0.2, -0.15) is 11.8 Å². The molecule has 0 heterocycles. The van der Waals surface area contributed by atoms with E-state index in [2.05, 4.69) is 0 Å². The maximum atomic E-state index is 13.1. The van der Waals surface area contributed by atoms with Crippen molar-refractivity contribution in [2.45, 2.75) is 25.0 Å². The second-order valence-electron chi connectivity index (χ2n) is 5.09. The van der Waals surface area contributed by atoms with Crippen molar-refractivity contribution in [1.29, 1.82) is 0 Å². The first-order valence-corrected chi connectivity index (χ1v) is 7.30. The van der Waals surface area contributed by atoms with Gasteiger partial charge < -0.3 is 5.11 Å². The van der Waals surface area contributed by atoms with E-state index in [9.17, 15) is 19.3 Å². The molecule has 0 bridgehead atoms. The Hall–Kier alpha value is -1.63. The van der Waals surface area contributed by atoms with Gasteiger partial charge >= 0.3 is 5.97 Å². The Labute approximate surface area is 119 Å². The minimum Gasteiger partial charge on any atom is -0.481 e. The van der Waals surface area contributed by atoms with Gasteiger partial charge in [-0.1, -0.05) is 0 Å². The number of aliphatic carboxylic acids is 1. The molecule has 1 saturated carbocycles. The fourth-order valence-corrected chi connectivity index (χ4v) is 3.47. The average molecular weight is 299 g/mol. The number of carboxylic acid groups (broad SMARTS) is 1. The molecule has 1 aromatic carbocycles. The van der Waals surface area contributed by atoms with Crippen LogP contribution in [-0.4, -0.2) is 21.8 Å². The number of carbonyl (C=O) groups is 1. The molecule has 0 amide bonds. The highest BCUT2D eigenvalue weighted by Crippen LogP contribution is 2.51. The number of nitro groups is 1. The van der Waals surface area contributed by atoms with Gasteiger partial charge in [-0.15, -0.1) is 0 Å². The molecule has 5 nitrogen and oxygen atoms in total. The SMILES string of the molecule is O=C(O)CC1(CSCc2cc(F)ccc2[N+](=O)[O-])CC1. The van der Waals surface area contributed by atoms with Crippen molar-refractivity contribution in [3.63, 3.8) is 0 Å². The maximum Gasteiger partial charge on any atom is 0.303 e. The maximum absolute atomic E-state index is 13.1. The molecule has 20 heavy (non-hydrogen) atoms. The number of nitro benzene ring substituents is 1. The summed E-state index contributed by atoms with van der Waals surface area (Å²) in [6.07, 6.45) is 1.88. The van der Waals surface area contributed by atoms with Crippen molar-refractivity contribution in [2.75, 3.05) is 5.75 Å². The summed E-state index contributed by atoms with van der Waals surface area (Å²) in [5.74, 6) is -0.375. The fourth-order valence-electron chi connectivity index (χ4n) is 2.10. The van der Waals surface area contributed by atoms with Crippen molar-refractivity contribution in [3.8, 4) is 0 Å². The molecule has 7 heteroatoms. The van der Waals surface area contributed by atoms with Crippen LogP contribution < -0.4 is 0 Å². The molecular weight excluding hydrogens is 285 g/mol. The topological polar surface area (TPSA) is 80.4 Å². The van der Waals surface area contributed by atoms with Crippen LogP contribution in [0.4, 0.5) is 10.1 Å². The molecule has 1 N–H and O–H groups in total. The number of thioether (sulfide) groups is 1. The van der Waals surface area contributed by atoms with Gasteiger partial charge in [0.2, 0.25) is 0 Å². The van der Waals surface area contributed by atoms with Crippen molar-refractivity contribution in [3.05, 3.63) is 39.7 Å². The molecular formula is C13H14FNO4S. The van der Waals surface area contributed by atoms with Gasteiger partial charge in [-0.3, -0.25) is 14.9 Å². The highest BCUT2D eigenvalue weighted by Gasteiger charge is 2.44. The second kappa shape index (κ2) is 5.78. The van der Waals surface area contributed by atoms with Crippen LogP contribution in [0, 0.1) is 21.3 Å². The molecule has 0 unspecified atom stereocenters. The van der Waals surface area contributed by atoms with Gasteiger partial charge in [0, 0.05) is 17.4 Å². The van der Waals surface area contributed by atoms with Crippen LogP contribution in [0.1, 0.15) is 24.8 Å². The lowest BCUT2D eigenvalue weighted by Gasteiger charge is -2.11. The Morgan fingerprint density at radius 3 is 2.75 bits per heavy atom. The minimum atomic E-state index is -0.820. The molecule has 1 aromatic rings. The van der Waals surface area contributed by atoms with E-state index in [0.29, 0.717) is 17.1 Å². The summed E-state index contributed by atoms with van der Waals surface area (Å²) in [6.45, 7) is 0. The fraction of sp³-hybridized carbons (Fsp3) is 0.462. The van der Waals surface area contributed by atoms with Crippen molar-refractivity contribution in [1.82, 2.24) is 0 Å². The molecule has 0 aromatic heterocycles. The van der Waals surface area contributed by atoms with Crippen LogP contribution in [0.2, 0.25) is 0 Å². The highest BCUT2D eigenvalue weighted by atomic mass is 32.2. The van der Waals surface area contributed by atoms with E-state index in [1.54, 1.807) is 0 Å². The summed E-state index contributed by atoms with van der Waals surface area (Å²) >= 11 is 1.42. The first-order valence-electron chi connectivity index (χ1n) is 6.14. The molecule has 0 spiro atoms. The normalized spacial score (nSPS) is 15.8. The smallest absolute Gasteiger partial charge is 0.303 e. The highest BCUT2D eigenvalue weighted by molar-refractivity contribution is 7.98. The van der Waals surface area contributed by atoms with E-state index in [0.717, 1.165) is 25.0 Å². The van der Waals surface area contributed by atoms with Crippen LogP contribution in [0.15, 0.2) is 18.2 Å². The third-order valence-corrected chi connectivity index (χ3v) is 4.72. The number of benzene rings is 1. The van der Waals surface area contributed by atoms with Gasteiger partial charge in [-0.25, -0.2) is 4.39 Å². The third-order valence-electron chi connectivity index (χ3n) is 3.39. The van der Waals surface area contributed by atoms with E-state index >= 15 is 0 Å². The zero-order valence-corrected chi connectivity index (χ0v) is 11.5. The molecule has 0 radical (unpaired) electrons. The molecule has 0 saturated heterocycles. The zero-order chi connectivity index (χ0) is 14.8. The van der Waals surface area contributed by atoms with Crippen LogP contribution in [0.3, 0.4) is 0 Å². The monoisotopic (exact) mass is 299 g/mol. The number of rotatable bonds is 7. The van der Waals surface area contributed by atoms with Gasteiger partial charge in [0.15, 0.2) is 0 Å². The Kier molecular flexibility index (Phi) is 4.27. The quantitative estimate of drug-likeness (QED) is 0.617. The summed E-state index contributed by atoms with van der Waals surface area (Å²) in [5.41, 5.74) is 0.0756. The Morgan fingerprint density at radius 1 is 1.50 bits per heavy atom. The molecule has 108 valence electrons. The number of nitrogens with zero attached hydrogens (tertiary/aromatic N) is 1. The summed E-state index contributed by atoms with van der Waals surface area (Å²) in [7, 11) is 0. The number of hydrogen-bond acceptors (Lipinski definition) is 4. The first-order chi connectivity index (χ1) is 9.42. The van der Waals surface area contributed by atoms with E-state index in [4.69, 9.17) is 5.11 Å². The molecule has 2 rings (SSSR count). The van der Waals surface area contributed by atoms with Gasteiger partial charge in [0.05, 0.1) is 11.3 Å². The molecule has 0 atom stereocenters. The van der Waals surface area contributed by atoms with Gasteiger partial charge in [0.25, 0.3) is 5.69 Å². The summed E-state index contributed by atoms with van der Waals surface area (Å²) in [5, 5.41) is 19.7. The second-order valence-corrected chi connectivity index (χ2v) is 6.08. The summed E-state index contributed by atoms with van der Waals surface area (Å²) in [4.78, 5) is 21.0. The lowest BCUT2D eigenvalue weighted by molar-refractivity contribution is -0.385. The van der Waals surface area contributed by atoms with Crippen molar-refractivity contribution < 1.29 is 19.2 Å². The van der Waals surface area contributed by atoms with Crippen LogP contribution >= 0.6 is 11.8 Å². The predicted octanol–water partition coefficient (Wildman–Crippen LogP) is 3.22. The first kappa shape index (κ1) is 14.8. The molecule has 0 aliphatic heterocycles. The number of halogens is 1.